The molecule has 0 aliphatic heterocycles. The number of aromatic hydroxyl groups is 1. The van der Waals surface area contributed by atoms with Crippen LogP contribution in [-0.2, 0) is 13.1 Å². The molecule has 0 aliphatic carbocycles. The molecule has 0 bridgehead atoms. The van der Waals surface area contributed by atoms with Crippen LogP contribution in [0.1, 0.15) is 30.2 Å². The molecule has 0 radical (unpaired) electrons. The van der Waals surface area contributed by atoms with E-state index in [1.807, 2.05) is 0 Å². The van der Waals surface area contributed by atoms with Gasteiger partial charge in [0.05, 0.1) is 5.69 Å². The van der Waals surface area contributed by atoms with Gasteiger partial charge in [-0.1, -0.05) is 6.92 Å². The van der Waals surface area contributed by atoms with Crippen LogP contribution in [0.25, 0.3) is 0 Å². The molecular weight excluding hydrogens is 190 g/mol. The van der Waals surface area contributed by atoms with Crippen molar-refractivity contribution in [3.05, 3.63) is 23.0 Å². The van der Waals surface area contributed by atoms with Gasteiger partial charge in [0.15, 0.2) is 0 Å². The van der Waals surface area contributed by atoms with Crippen molar-refractivity contribution in [1.82, 2.24) is 10.3 Å². The van der Waals surface area contributed by atoms with E-state index in [4.69, 9.17) is 5.73 Å². The molecule has 0 unspecified atom stereocenters. The summed E-state index contributed by atoms with van der Waals surface area (Å²) in [5, 5.41) is 13.0. The third-order valence-electron chi connectivity index (χ3n) is 2.38. The Hall–Kier alpha value is -1.13. The number of hydrogen-bond acceptors (Lipinski definition) is 4. The zero-order valence-electron chi connectivity index (χ0n) is 9.38. The van der Waals surface area contributed by atoms with E-state index in [-0.39, 0.29) is 5.75 Å². The molecule has 15 heavy (non-hydrogen) atoms. The minimum absolute atomic E-state index is 0.230. The van der Waals surface area contributed by atoms with Gasteiger partial charge in [-0.05, 0) is 25.5 Å². The maximum atomic E-state index is 9.76. The van der Waals surface area contributed by atoms with Gasteiger partial charge in [-0.2, -0.15) is 0 Å². The molecule has 1 heterocycles. The van der Waals surface area contributed by atoms with Crippen LogP contribution >= 0.6 is 0 Å². The zero-order valence-corrected chi connectivity index (χ0v) is 9.38. The fraction of sp³-hybridized carbons (Fsp3) is 0.545. The first-order valence-electron chi connectivity index (χ1n) is 5.27. The Labute approximate surface area is 90.5 Å². The Kier molecular flexibility index (Phi) is 4.52. The molecule has 0 aromatic carbocycles. The van der Waals surface area contributed by atoms with Crippen molar-refractivity contribution in [2.24, 2.45) is 5.73 Å². The maximum absolute atomic E-state index is 9.76. The standard InChI is InChI=1S/C11H19N3O/c1-3-4-13-6-9-7-14-8(2)11(15)10(9)5-12/h7,13,15H,3-6,12H2,1-2H3. The van der Waals surface area contributed by atoms with Gasteiger partial charge in [0.1, 0.15) is 5.75 Å². The van der Waals surface area contributed by atoms with Crippen LogP contribution in [0.4, 0.5) is 0 Å². The molecule has 1 aromatic rings. The fourth-order valence-corrected chi connectivity index (χ4v) is 1.46. The van der Waals surface area contributed by atoms with Crippen LogP contribution in [0, 0.1) is 6.92 Å². The first-order valence-corrected chi connectivity index (χ1v) is 5.27. The van der Waals surface area contributed by atoms with Crippen LogP contribution in [0.2, 0.25) is 0 Å². The minimum Gasteiger partial charge on any atom is -0.506 e. The van der Waals surface area contributed by atoms with Gasteiger partial charge in [0.2, 0.25) is 0 Å². The molecule has 4 N–H and O–H groups in total. The number of rotatable bonds is 5. The molecule has 84 valence electrons. The SMILES string of the molecule is CCCNCc1cnc(C)c(O)c1CN. The third-order valence-corrected chi connectivity index (χ3v) is 2.38. The van der Waals surface area contributed by atoms with E-state index < -0.39 is 0 Å². The number of pyridine rings is 1. The topological polar surface area (TPSA) is 71.2 Å². The van der Waals surface area contributed by atoms with Gasteiger partial charge in [-0.15, -0.1) is 0 Å². The highest BCUT2D eigenvalue weighted by atomic mass is 16.3. The largest absolute Gasteiger partial charge is 0.506 e. The van der Waals surface area contributed by atoms with Crippen molar-refractivity contribution in [2.45, 2.75) is 33.4 Å². The number of aromatic nitrogens is 1. The normalized spacial score (nSPS) is 10.6. The smallest absolute Gasteiger partial charge is 0.141 e. The predicted molar refractivity (Wildman–Crippen MR) is 60.5 cm³/mol. The second kappa shape index (κ2) is 5.68. The van der Waals surface area contributed by atoms with Crippen LogP contribution < -0.4 is 11.1 Å². The molecule has 1 aromatic heterocycles. The van der Waals surface area contributed by atoms with Gasteiger partial charge in [-0.25, -0.2) is 0 Å². The minimum atomic E-state index is 0.230. The van der Waals surface area contributed by atoms with Crippen molar-refractivity contribution < 1.29 is 5.11 Å². The second-order valence-corrected chi connectivity index (χ2v) is 3.58. The summed E-state index contributed by atoms with van der Waals surface area (Å²) in [4.78, 5) is 4.12. The first kappa shape index (κ1) is 11.9. The lowest BCUT2D eigenvalue weighted by atomic mass is 10.1. The van der Waals surface area contributed by atoms with E-state index in [9.17, 15) is 5.11 Å². The van der Waals surface area contributed by atoms with Crippen molar-refractivity contribution >= 4 is 0 Å². The van der Waals surface area contributed by atoms with Crippen LogP contribution in [0.3, 0.4) is 0 Å². The first-order chi connectivity index (χ1) is 7.20. The van der Waals surface area contributed by atoms with Crippen molar-refractivity contribution in [3.63, 3.8) is 0 Å². The van der Waals surface area contributed by atoms with Crippen molar-refractivity contribution in [3.8, 4) is 5.75 Å². The van der Waals surface area contributed by atoms with E-state index in [2.05, 4.69) is 17.2 Å². The molecule has 0 atom stereocenters. The Morgan fingerprint density at radius 3 is 2.87 bits per heavy atom. The summed E-state index contributed by atoms with van der Waals surface area (Å²) in [6, 6.07) is 0. The Bertz CT molecular complexity index is 326. The van der Waals surface area contributed by atoms with E-state index in [0.717, 1.165) is 24.1 Å². The van der Waals surface area contributed by atoms with E-state index in [1.165, 1.54) is 0 Å². The van der Waals surface area contributed by atoms with Gasteiger partial charge in [-0.3, -0.25) is 4.98 Å². The number of nitrogens with zero attached hydrogens (tertiary/aromatic N) is 1. The molecule has 1 rings (SSSR count). The number of aryl methyl sites for hydroxylation is 1. The second-order valence-electron chi connectivity index (χ2n) is 3.58. The monoisotopic (exact) mass is 209 g/mol. The van der Waals surface area contributed by atoms with Crippen LogP contribution in [-0.4, -0.2) is 16.6 Å². The number of nitrogens with one attached hydrogen (secondary N) is 1. The van der Waals surface area contributed by atoms with Crippen molar-refractivity contribution in [2.75, 3.05) is 6.54 Å². The highest BCUT2D eigenvalue weighted by molar-refractivity contribution is 5.40. The average Bonchev–Trinajstić information content (AvgIpc) is 2.24. The zero-order chi connectivity index (χ0) is 11.3. The average molecular weight is 209 g/mol. The summed E-state index contributed by atoms with van der Waals surface area (Å²) < 4.78 is 0. The fourth-order valence-electron chi connectivity index (χ4n) is 1.46. The lowest BCUT2D eigenvalue weighted by Gasteiger charge is -2.11. The van der Waals surface area contributed by atoms with E-state index in [1.54, 1.807) is 13.1 Å². The molecule has 4 heteroatoms. The lowest BCUT2D eigenvalue weighted by Crippen LogP contribution is -2.16. The molecule has 4 nitrogen and oxygen atoms in total. The summed E-state index contributed by atoms with van der Waals surface area (Å²) >= 11 is 0. The molecule has 0 saturated carbocycles. The molecule has 0 spiro atoms. The highest BCUT2D eigenvalue weighted by Gasteiger charge is 2.09. The summed E-state index contributed by atoms with van der Waals surface area (Å²) in [5.41, 5.74) is 8.02. The summed E-state index contributed by atoms with van der Waals surface area (Å²) in [7, 11) is 0. The molecule has 0 fully saturated rings. The summed E-state index contributed by atoms with van der Waals surface area (Å²) in [6.45, 7) is 5.90. The molecular formula is C11H19N3O. The van der Waals surface area contributed by atoms with Crippen LogP contribution in [0.15, 0.2) is 6.20 Å². The Morgan fingerprint density at radius 1 is 1.53 bits per heavy atom. The third kappa shape index (κ3) is 2.91. The van der Waals surface area contributed by atoms with Gasteiger partial charge >= 0.3 is 0 Å². The Balaban J connectivity index is 2.83. The van der Waals surface area contributed by atoms with Gasteiger partial charge in [0.25, 0.3) is 0 Å². The number of hydrogen-bond donors (Lipinski definition) is 3. The highest BCUT2D eigenvalue weighted by Crippen LogP contribution is 2.22. The maximum Gasteiger partial charge on any atom is 0.141 e. The molecule has 0 saturated heterocycles. The molecule has 0 amide bonds. The quantitative estimate of drug-likeness (QED) is 0.634. The van der Waals surface area contributed by atoms with Crippen LogP contribution in [0.5, 0.6) is 5.75 Å². The summed E-state index contributed by atoms with van der Waals surface area (Å²) in [6.07, 6.45) is 2.86. The molecule has 0 aliphatic rings. The summed E-state index contributed by atoms with van der Waals surface area (Å²) in [5.74, 6) is 0.230. The predicted octanol–water partition coefficient (Wildman–Crippen LogP) is 1.05. The van der Waals surface area contributed by atoms with Gasteiger partial charge in [0, 0.05) is 24.8 Å². The van der Waals surface area contributed by atoms with E-state index >= 15 is 0 Å². The van der Waals surface area contributed by atoms with E-state index in [0.29, 0.717) is 18.8 Å². The van der Waals surface area contributed by atoms with Gasteiger partial charge < -0.3 is 16.2 Å². The number of nitrogens with two attached hydrogens (primary N) is 1. The van der Waals surface area contributed by atoms with Crippen molar-refractivity contribution in [1.29, 1.82) is 0 Å². The Morgan fingerprint density at radius 2 is 2.27 bits per heavy atom. The lowest BCUT2D eigenvalue weighted by molar-refractivity contribution is 0.458.